The smallest absolute Gasteiger partial charge is 0.293 e. The predicted molar refractivity (Wildman–Crippen MR) is 187 cm³/mol. The third-order valence-electron chi connectivity index (χ3n) is 10.1. The van der Waals surface area contributed by atoms with Gasteiger partial charge in [0.15, 0.2) is 5.82 Å². The average Bonchev–Trinajstić information content (AvgIpc) is 3.43. The van der Waals surface area contributed by atoms with Crippen LogP contribution in [0.25, 0.3) is 33.1 Å². The van der Waals surface area contributed by atoms with Crippen molar-refractivity contribution in [2.24, 2.45) is 18.9 Å². The van der Waals surface area contributed by atoms with E-state index in [1.54, 1.807) is 38.4 Å². The van der Waals surface area contributed by atoms with Crippen LogP contribution in [0, 0.1) is 23.5 Å². The Balaban J connectivity index is 1.26. The molecule has 3 N–H and O–H groups in total. The second-order valence-corrected chi connectivity index (χ2v) is 15.9. The van der Waals surface area contributed by atoms with Gasteiger partial charge in [0.1, 0.15) is 29.6 Å². The zero-order valence-electron chi connectivity index (χ0n) is 28.4. The highest BCUT2D eigenvalue weighted by atomic mass is 35.5. The number of hydrogen-bond acceptors (Lipinski definition) is 6. The first kappa shape index (κ1) is 35.9. The number of hydrogen-bond donors (Lipinski definition) is 3. The molecule has 8 rings (SSSR count). The fourth-order valence-electron chi connectivity index (χ4n) is 7.94. The van der Waals surface area contributed by atoms with Crippen LogP contribution in [-0.2, 0) is 40.8 Å². The standard InChI is InChI=1S/C35H29ClF6N8O3S/c1-14-25-27-30(33(39)40)46-50(32(27)35(41,42)28(14)25)13-24(51)44-23(10-15-8-16(37)11-17(38)9-15)29-19(12-22-21(45-29)6-7-43-22)18-4-5-20(36)26-31(18)49(2)47-34(26)48-54(3,52)53/h4-9,11-12,14,23,25,28,33,43H,10,13H2,1-3H3,(H,44,51)(H,47,48)/t14-,23?,25?,28?/m1/s1. The number of sulfonamides is 1. The molecule has 2 aliphatic rings. The first-order chi connectivity index (χ1) is 25.4. The van der Waals surface area contributed by atoms with E-state index in [0.717, 1.165) is 18.4 Å². The largest absolute Gasteiger partial charge is 0.360 e. The Bertz CT molecular complexity index is 2620. The molecule has 0 aliphatic heterocycles. The van der Waals surface area contributed by atoms with Gasteiger partial charge < -0.3 is 10.3 Å². The van der Waals surface area contributed by atoms with Gasteiger partial charge >= 0.3 is 0 Å². The van der Waals surface area contributed by atoms with Gasteiger partial charge in [-0.25, -0.2) is 31.0 Å². The molecular formula is C35H29ClF6N8O3S. The van der Waals surface area contributed by atoms with Gasteiger partial charge in [0.25, 0.3) is 12.3 Å². The normalized spacial score (nSPS) is 19.4. The van der Waals surface area contributed by atoms with E-state index in [4.69, 9.17) is 16.6 Å². The van der Waals surface area contributed by atoms with Crippen LogP contribution in [-0.4, -0.2) is 50.1 Å². The molecule has 0 radical (unpaired) electrons. The Hall–Kier alpha value is -5.10. The van der Waals surface area contributed by atoms with Crippen molar-refractivity contribution in [2.45, 2.75) is 44.2 Å². The number of fused-ring (bicyclic) bond motifs is 5. The summed E-state index contributed by atoms with van der Waals surface area (Å²) in [7, 11) is -2.24. The number of halogens is 7. The lowest BCUT2D eigenvalue weighted by Crippen LogP contribution is -2.35. The van der Waals surface area contributed by atoms with E-state index in [1.165, 1.54) is 10.7 Å². The van der Waals surface area contributed by atoms with E-state index < -0.39 is 81.6 Å². The highest BCUT2D eigenvalue weighted by molar-refractivity contribution is 7.92. The summed E-state index contributed by atoms with van der Waals surface area (Å²) in [6, 6.07) is 8.06. The summed E-state index contributed by atoms with van der Waals surface area (Å²) in [5.41, 5.74) is 0.574. The molecule has 19 heteroatoms. The van der Waals surface area contributed by atoms with Crippen molar-refractivity contribution in [1.82, 2.24) is 34.8 Å². The minimum atomic E-state index is -3.80. The number of aromatic nitrogens is 6. The van der Waals surface area contributed by atoms with Crippen LogP contribution >= 0.6 is 11.6 Å². The summed E-state index contributed by atoms with van der Waals surface area (Å²) >= 11 is 6.58. The third kappa shape index (κ3) is 5.95. The number of alkyl halides is 4. The number of carbonyl (C=O) groups excluding carboxylic acids is 1. The maximum Gasteiger partial charge on any atom is 0.293 e. The first-order valence-corrected chi connectivity index (χ1v) is 18.8. The summed E-state index contributed by atoms with van der Waals surface area (Å²) in [4.78, 5) is 21.8. The van der Waals surface area contributed by atoms with E-state index in [-0.39, 0.29) is 39.5 Å². The van der Waals surface area contributed by atoms with Crippen molar-refractivity contribution in [2.75, 3.05) is 11.0 Å². The number of benzene rings is 2. The molecule has 6 aromatic rings. The molecule has 11 nitrogen and oxygen atoms in total. The van der Waals surface area contributed by atoms with Gasteiger partial charge in [-0.1, -0.05) is 24.6 Å². The number of H-pyrrole nitrogens is 1. The Labute approximate surface area is 307 Å². The lowest BCUT2D eigenvalue weighted by Gasteiger charge is -2.23. The molecule has 0 bridgehead atoms. The maximum absolute atomic E-state index is 15.6. The lowest BCUT2D eigenvalue weighted by molar-refractivity contribution is -0.123. The minimum Gasteiger partial charge on any atom is -0.360 e. The van der Waals surface area contributed by atoms with Gasteiger partial charge in [0, 0.05) is 47.8 Å². The minimum absolute atomic E-state index is 0.0591. The highest BCUT2D eigenvalue weighted by Crippen LogP contribution is 2.71. The van der Waals surface area contributed by atoms with Crippen molar-refractivity contribution in [3.05, 3.63) is 93.5 Å². The monoisotopic (exact) mass is 790 g/mol. The molecular weight excluding hydrogens is 762 g/mol. The van der Waals surface area contributed by atoms with E-state index in [9.17, 15) is 30.8 Å². The number of nitrogens with one attached hydrogen (secondary N) is 3. The van der Waals surface area contributed by atoms with Gasteiger partial charge in [-0.05, 0) is 48.2 Å². The van der Waals surface area contributed by atoms with E-state index in [1.807, 2.05) is 0 Å². The molecule has 0 saturated heterocycles. The van der Waals surface area contributed by atoms with Crippen LogP contribution in [0.4, 0.5) is 32.2 Å². The number of amides is 1. The maximum atomic E-state index is 15.6. The molecule has 282 valence electrons. The third-order valence-corrected chi connectivity index (χ3v) is 10.9. The predicted octanol–water partition coefficient (Wildman–Crippen LogP) is 7.11. The Morgan fingerprint density at radius 2 is 1.78 bits per heavy atom. The molecule has 2 aliphatic carbocycles. The number of nitrogens with zero attached hydrogens (tertiary/aromatic N) is 5. The lowest BCUT2D eigenvalue weighted by atomic mass is 9.93. The van der Waals surface area contributed by atoms with Crippen molar-refractivity contribution in [3.8, 4) is 11.1 Å². The summed E-state index contributed by atoms with van der Waals surface area (Å²) in [6.45, 7) is 0.682. The van der Waals surface area contributed by atoms with E-state index in [0.29, 0.717) is 38.4 Å². The van der Waals surface area contributed by atoms with Gasteiger partial charge in [-0.2, -0.15) is 19.0 Å². The van der Waals surface area contributed by atoms with E-state index in [2.05, 4.69) is 25.2 Å². The molecule has 4 atom stereocenters. The quantitative estimate of drug-likeness (QED) is 0.127. The SMILES string of the molecule is C[C@@H]1C2c3c(C(F)F)nn(CC(=O)NC(Cc4cc(F)cc(F)c4)c4nc5cc[nH]c5cc4-c4ccc(Cl)c5c(NS(C)(=O)=O)nn(C)c45)c3C(F)(F)C21. The van der Waals surface area contributed by atoms with Crippen molar-refractivity contribution >= 4 is 55.3 Å². The number of aromatic amines is 1. The number of rotatable bonds is 10. The zero-order valence-corrected chi connectivity index (χ0v) is 30.0. The molecule has 1 fully saturated rings. The highest BCUT2D eigenvalue weighted by Gasteiger charge is 2.71. The van der Waals surface area contributed by atoms with Crippen LogP contribution < -0.4 is 10.0 Å². The number of aryl methyl sites for hydroxylation is 1. The molecule has 1 amide bonds. The van der Waals surface area contributed by atoms with Crippen LogP contribution in [0.5, 0.6) is 0 Å². The molecule has 3 unspecified atom stereocenters. The Morgan fingerprint density at radius 3 is 2.46 bits per heavy atom. The van der Waals surface area contributed by atoms with Gasteiger partial charge in [-0.15, -0.1) is 0 Å². The molecule has 4 aromatic heterocycles. The molecule has 0 spiro atoms. The number of pyridine rings is 1. The van der Waals surface area contributed by atoms with Crippen molar-refractivity contribution < 1.29 is 39.6 Å². The molecule has 4 heterocycles. The summed E-state index contributed by atoms with van der Waals surface area (Å²) in [5.74, 6) is -8.78. The fraction of sp³-hybridized carbons (Fsp3) is 0.314. The summed E-state index contributed by atoms with van der Waals surface area (Å²) in [5, 5.41) is 11.3. The zero-order chi connectivity index (χ0) is 38.6. The van der Waals surface area contributed by atoms with Crippen LogP contribution in [0.1, 0.15) is 53.5 Å². The molecule has 1 saturated carbocycles. The topological polar surface area (TPSA) is 140 Å². The van der Waals surface area contributed by atoms with Gasteiger partial charge in [-0.3, -0.25) is 18.9 Å². The van der Waals surface area contributed by atoms with E-state index >= 15 is 8.78 Å². The summed E-state index contributed by atoms with van der Waals surface area (Å²) < 4.78 is 117. The van der Waals surface area contributed by atoms with Crippen molar-refractivity contribution in [3.63, 3.8) is 0 Å². The number of anilines is 1. The van der Waals surface area contributed by atoms with Crippen LogP contribution in [0.2, 0.25) is 5.02 Å². The van der Waals surface area contributed by atoms with Crippen LogP contribution in [0.15, 0.2) is 48.7 Å². The van der Waals surface area contributed by atoms with Crippen molar-refractivity contribution in [1.29, 1.82) is 0 Å². The molecule has 2 aromatic carbocycles. The van der Waals surface area contributed by atoms with Crippen LogP contribution in [0.3, 0.4) is 0 Å². The average molecular weight is 791 g/mol. The first-order valence-electron chi connectivity index (χ1n) is 16.6. The Morgan fingerprint density at radius 1 is 1.06 bits per heavy atom. The summed E-state index contributed by atoms with van der Waals surface area (Å²) in [6.07, 6.45) is -0.861. The molecule has 54 heavy (non-hydrogen) atoms. The number of carbonyl (C=O) groups is 1. The van der Waals surface area contributed by atoms with Gasteiger partial charge in [0.05, 0.1) is 45.0 Å². The fourth-order valence-corrected chi connectivity index (χ4v) is 8.68. The second-order valence-electron chi connectivity index (χ2n) is 13.7. The second kappa shape index (κ2) is 12.5. The van der Waals surface area contributed by atoms with Gasteiger partial charge in [0.2, 0.25) is 15.9 Å². The Kier molecular flexibility index (Phi) is 8.29.